The van der Waals surface area contributed by atoms with Crippen molar-refractivity contribution in [1.29, 1.82) is 0 Å². The van der Waals surface area contributed by atoms with E-state index in [2.05, 4.69) is 6.58 Å². The lowest BCUT2D eigenvalue weighted by molar-refractivity contribution is -0.861. The number of likely N-dealkylation sites (N-methyl/N-ethyl adjacent to an activating group) is 1. The molecule has 0 aliphatic rings. The van der Waals surface area contributed by atoms with Crippen LogP contribution in [0.25, 0.3) is 0 Å². The number of hydrogen-bond acceptors (Lipinski definition) is 4. The molecule has 140 valence electrons. The fraction of sp³-hybridized carbons (Fsp3) is 0.778. The Morgan fingerprint density at radius 2 is 1.50 bits per heavy atom. The van der Waals surface area contributed by atoms with E-state index >= 15 is 0 Å². The first-order chi connectivity index (χ1) is 11.1. The van der Waals surface area contributed by atoms with Gasteiger partial charge in [0.2, 0.25) is 5.52 Å². The van der Waals surface area contributed by atoms with E-state index in [0.29, 0.717) is 29.4 Å². The maximum Gasteiger partial charge on any atom is 0.333 e. The van der Waals surface area contributed by atoms with Crippen LogP contribution in [0, 0.1) is 0 Å². The molecule has 0 aromatic rings. The minimum absolute atomic E-state index is 0.00167. The molecular weight excluding hydrogens is 325 g/mol. The van der Waals surface area contributed by atoms with Gasteiger partial charge in [-0.3, -0.25) is 4.79 Å². The first-order valence-electron chi connectivity index (χ1n) is 8.76. The summed E-state index contributed by atoms with van der Waals surface area (Å²) in [4.78, 5) is 32.9. The first-order valence-corrected chi connectivity index (χ1v) is 10.2. The van der Waals surface area contributed by atoms with Gasteiger partial charge in [-0.1, -0.05) is 38.7 Å². The van der Waals surface area contributed by atoms with Gasteiger partial charge in [0.05, 0.1) is 27.7 Å². The highest BCUT2D eigenvalue weighted by Gasteiger charge is 2.21. The number of nitrogens with zero attached hydrogens (tertiary/aromatic N) is 1. The normalized spacial score (nSPS) is 12.7. The molecule has 0 bridgehead atoms. The van der Waals surface area contributed by atoms with Crippen LogP contribution in [0.1, 0.15) is 51.9 Å². The first kappa shape index (κ1) is 23.2. The summed E-state index contributed by atoms with van der Waals surface area (Å²) in [5.41, 5.74) is 0.445. The van der Waals surface area contributed by atoms with Crippen molar-refractivity contribution in [3.8, 4) is 0 Å². The Morgan fingerprint density at radius 1 is 1.00 bits per heavy atom. The highest BCUT2D eigenvalue weighted by Crippen LogP contribution is 2.33. The quantitative estimate of drug-likeness (QED) is 0.169. The Hall–Kier alpha value is -0.770. The Kier molecular flexibility index (Phi) is 12.2. The van der Waals surface area contributed by atoms with Crippen molar-refractivity contribution in [2.24, 2.45) is 0 Å². The zero-order valence-corrected chi connectivity index (χ0v) is 16.7. The molecule has 0 aliphatic heterocycles. The largest absolute Gasteiger partial charge is 0.462 e. The second-order valence-electron chi connectivity index (χ2n) is 7.36. The maximum atomic E-state index is 11.8. The van der Waals surface area contributed by atoms with Crippen molar-refractivity contribution >= 4 is 19.6 Å². The summed E-state index contributed by atoms with van der Waals surface area (Å²) in [5.74, 6) is -0.310. The average Bonchev–Trinajstić information content (AvgIpc) is 2.46. The minimum atomic E-state index is -1.46. The molecule has 1 atom stereocenters. The Labute approximate surface area is 148 Å². The van der Waals surface area contributed by atoms with Crippen LogP contribution in [0.2, 0.25) is 0 Å². The minimum Gasteiger partial charge on any atom is -0.462 e. The van der Waals surface area contributed by atoms with Crippen molar-refractivity contribution < 1.29 is 23.7 Å². The van der Waals surface area contributed by atoms with Gasteiger partial charge in [0.25, 0.3) is 0 Å². The number of unbranched alkanes of at least 4 members (excludes halogenated alkanes) is 6. The molecule has 0 aliphatic carbocycles. The molecule has 0 amide bonds. The third kappa shape index (κ3) is 13.6. The summed E-state index contributed by atoms with van der Waals surface area (Å²) in [7, 11) is 4.42. The van der Waals surface area contributed by atoms with E-state index in [9.17, 15) is 14.5 Å². The fourth-order valence-corrected chi connectivity index (χ4v) is 3.51. The van der Waals surface area contributed by atoms with Gasteiger partial charge in [0.1, 0.15) is 14.7 Å². The second-order valence-corrected chi connectivity index (χ2v) is 9.10. The predicted molar refractivity (Wildman–Crippen MR) is 100 cm³/mol. The molecule has 1 N–H and O–H groups in total. The summed E-state index contributed by atoms with van der Waals surface area (Å²) in [6.07, 6.45) is 7.94. The van der Waals surface area contributed by atoms with Crippen molar-refractivity contribution in [3.05, 3.63) is 12.2 Å². The topological polar surface area (TPSA) is 63.6 Å². The summed E-state index contributed by atoms with van der Waals surface area (Å²) >= 11 is 0. The smallest absolute Gasteiger partial charge is 0.333 e. The van der Waals surface area contributed by atoms with Crippen LogP contribution in [0.5, 0.6) is 0 Å². The van der Waals surface area contributed by atoms with Crippen LogP contribution in [-0.4, -0.2) is 61.3 Å². The Bertz CT molecular complexity index is 404. The van der Waals surface area contributed by atoms with Gasteiger partial charge >= 0.3 is 5.97 Å². The molecule has 6 heteroatoms. The summed E-state index contributed by atoms with van der Waals surface area (Å²) in [5, 5.41) is 0. The highest BCUT2D eigenvalue weighted by atomic mass is 31.1. The van der Waals surface area contributed by atoms with Gasteiger partial charge in [-0.15, -0.1) is 0 Å². The molecule has 24 heavy (non-hydrogen) atoms. The molecule has 0 aromatic carbocycles. The molecule has 0 aromatic heterocycles. The highest BCUT2D eigenvalue weighted by molar-refractivity contribution is 7.69. The van der Waals surface area contributed by atoms with Gasteiger partial charge in [0.15, 0.2) is 0 Å². The van der Waals surface area contributed by atoms with Crippen LogP contribution in [0.3, 0.4) is 0 Å². The van der Waals surface area contributed by atoms with Crippen LogP contribution in [-0.2, 0) is 14.3 Å². The van der Waals surface area contributed by atoms with Gasteiger partial charge in [-0.25, -0.2) is 4.79 Å². The lowest BCUT2D eigenvalue weighted by Gasteiger charge is -2.23. The van der Waals surface area contributed by atoms with Gasteiger partial charge in [-0.05, 0) is 25.9 Å². The molecule has 0 saturated carbocycles. The monoisotopic (exact) mass is 360 g/mol. The molecule has 1 unspecified atom stereocenters. The van der Waals surface area contributed by atoms with Crippen molar-refractivity contribution in [2.75, 3.05) is 40.5 Å². The summed E-state index contributed by atoms with van der Waals surface area (Å²) < 4.78 is 5.60. The third-order valence-corrected chi connectivity index (χ3v) is 4.95. The van der Waals surface area contributed by atoms with E-state index in [-0.39, 0.29) is 11.5 Å². The van der Waals surface area contributed by atoms with Crippen molar-refractivity contribution in [3.63, 3.8) is 0 Å². The van der Waals surface area contributed by atoms with E-state index < -0.39 is 8.15 Å². The molecule has 0 radical (unpaired) electrons. The number of hydrogen-bond donors (Lipinski definition) is 1. The van der Waals surface area contributed by atoms with Gasteiger partial charge in [-0.2, -0.15) is 0 Å². The van der Waals surface area contributed by atoms with E-state index in [1.807, 2.05) is 21.1 Å². The Balaban J connectivity index is 3.46. The number of carbonyl (C=O) groups is 2. The molecule has 5 nitrogen and oxygen atoms in total. The van der Waals surface area contributed by atoms with Crippen LogP contribution < -0.4 is 0 Å². The van der Waals surface area contributed by atoms with Gasteiger partial charge in [0, 0.05) is 5.57 Å². The molecule has 0 rings (SSSR count). The lowest BCUT2D eigenvalue weighted by atomic mass is 10.1. The number of rotatable bonds is 14. The fourth-order valence-electron chi connectivity index (χ4n) is 2.15. The van der Waals surface area contributed by atoms with Crippen LogP contribution in [0.4, 0.5) is 0 Å². The average molecular weight is 360 g/mol. The zero-order chi connectivity index (χ0) is 18.6. The van der Waals surface area contributed by atoms with Crippen LogP contribution in [0.15, 0.2) is 12.2 Å². The van der Waals surface area contributed by atoms with Crippen LogP contribution >= 0.6 is 8.15 Å². The SMILES string of the molecule is C=C(C)C(=O)OCCCCCCCCCP(O)C(=O)C[N+](C)(C)C. The van der Waals surface area contributed by atoms with E-state index in [1.54, 1.807) is 6.92 Å². The molecule has 0 spiro atoms. The molecule has 0 saturated heterocycles. The van der Waals surface area contributed by atoms with E-state index in [1.165, 1.54) is 0 Å². The second kappa shape index (κ2) is 12.6. The standard InChI is InChI=1S/C18H35NO4P/c1-16(2)18(21)23-13-11-9-7-6-8-10-12-14-24(22)17(20)15-19(3,4)5/h22H,1,6-15H2,2-5H3/q+1. The molecular formula is C18H35NO4P+. The van der Waals surface area contributed by atoms with Gasteiger partial charge < -0.3 is 14.1 Å². The number of ether oxygens (including phenoxy) is 1. The summed E-state index contributed by atoms with van der Waals surface area (Å²) in [6.45, 7) is 6.06. The molecule has 0 heterocycles. The zero-order valence-electron chi connectivity index (χ0n) is 15.8. The van der Waals surface area contributed by atoms with Crippen molar-refractivity contribution in [1.82, 2.24) is 0 Å². The molecule has 0 fully saturated rings. The maximum absolute atomic E-state index is 11.8. The summed E-state index contributed by atoms with van der Waals surface area (Å²) in [6, 6.07) is 0. The lowest BCUT2D eigenvalue weighted by Crippen LogP contribution is -2.39. The van der Waals surface area contributed by atoms with E-state index in [0.717, 1.165) is 44.9 Å². The Morgan fingerprint density at radius 3 is 2.00 bits per heavy atom. The number of esters is 1. The number of quaternary nitrogens is 1. The van der Waals surface area contributed by atoms with Crippen molar-refractivity contribution in [2.45, 2.75) is 51.9 Å². The predicted octanol–water partition coefficient (Wildman–Crippen LogP) is 3.46. The third-order valence-electron chi connectivity index (χ3n) is 3.49. The van der Waals surface area contributed by atoms with E-state index in [4.69, 9.17) is 4.74 Å². The number of carbonyl (C=O) groups excluding carboxylic acids is 2.